The molecule has 5 heteroatoms. The van der Waals surface area contributed by atoms with Crippen LogP contribution in [0.5, 0.6) is 0 Å². The minimum absolute atomic E-state index is 0.0204. The van der Waals surface area contributed by atoms with E-state index in [0.29, 0.717) is 5.69 Å². The minimum Gasteiger partial charge on any atom is -0.469 e. The monoisotopic (exact) mass is 262 g/mol. The first kappa shape index (κ1) is 13.5. The molecule has 1 aromatic rings. The number of esters is 1. The fourth-order valence-electron chi connectivity index (χ4n) is 2.40. The Morgan fingerprint density at radius 3 is 2.58 bits per heavy atom. The molecule has 5 nitrogen and oxygen atoms in total. The number of carbonyl (C=O) groups is 2. The van der Waals surface area contributed by atoms with Gasteiger partial charge in [0.1, 0.15) is 5.69 Å². The second kappa shape index (κ2) is 6.31. The summed E-state index contributed by atoms with van der Waals surface area (Å²) in [6.45, 7) is 0. The first-order valence-corrected chi connectivity index (χ1v) is 6.50. The van der Waals surface area contributed by atoms with Crippen LogP contribution in [-0.4, -0.2) is 30.0 Å². The Hall–Kier alpha value is -1.91. The molecular weight excluding hydrogens is 244 g/mol. The number of methoxy groups -OCH3 is 1. The summed E-state index contributed by atoms with van der Waals surface area (Å²) in [4.78, 5) is 27.3. The highest BCUT2D eigenvalue weighted by atomic mass is 16.5. The van der Waals surface area contributed by atoms with Gasteiger partial charge >= 0.3 is 5.97 Å². The predicted molar refractivity (Wildman–Crippen MR) is 69.5 cm³/mol. The molecule has 0 radical (unpaired) electrons. The second-order valence-electron chi connectivity index (χ2n) is 4.76. The van der Waals surface area contributed by atoms with Crippen molar-refractivity contribution in [2.45, 2.75) is 31.7 Å². The average Bonchev–Trinajstić information content (AvgIpc) is 2.48. The average molecular weight is 262 g/mol. The first-order chi connectivity index (χ1) is 9.20. The quantitative estimate of drug-likeness (QED) is 0.839. The lowest BCUT2D eigenvalue weighted by molar-refractivity contribution is -0.146. The molecule has 0 aliphatic heterocycles. The standard InChI is InChI=1S/C14H18N2O3/c1-19-14(18)10-5-7-11(8-6-10)16-13(17)12-4-2-3-9-15-12/h2-4,9-11H,5-8H2,1H3,(H,16,17)/t10-,11-. The largest absolute Gasteiger partial charge is 0.469 e. The Labute approximate surface area is 112 Å². The van der Waals surface area contributed by atoms with Crippen molar-refractivity contribution in [3.05, 3.63) is 30.1 Å². The zero-order chi connectivity index (χ0) is 13.7. The number of rotatable bonds is 3. The van der Waals surface area contributed by atoms with Gasteiger partial charge in [-0.2, -0.15) is 0 Å². The van der Waals surface area contributed by atoms with Crippen molar-refractivity contribution in [2.24, 2.45) is 5.92 Å². The Morgan fingerprint density at radius 2 is 2.00 bits per heavy atom. The van der Waals surface area contributed by atoms with Crippen molar-refractivity contribution in [3.8, 4) is 0 Å². The number of amides is 1. The summed E-state index contributed by atoms with van der Waals surface area (Å²) < 4.78 is 4.74. The number of hydrogen-bond acceptors (Lipinski definition) is 4. The summed E-state index contributed by atoms with van der Waals surface area (Å²) >= 11 is 0. The molecular formula is C14H18N2O3. The number of nitrogens with one attached hydrogen (secondary N) is 1. The topological polar surface area (TPSA) is 68.3 Å². The van der Waals surface area contributed by atoms with Crippen molar-refractivity contribution in [1.29, 1.82) is 0 Å². The van der Waals surface area contributed by atoms with E-state index in [0.717, 1.165) is 25.7 Å². The van der Waals surface area contributed by atoms with Crippen molar-refractivity contribution in [1.82, 2.24) is 10.3 Å². The molecule has 1 fully saturated rings. The summed E-state index contributed by atoms with van der Waals surface area (Å²) in [6.07, 6.45) is 4.74. The fourth-order valence-corrected chi connectivity index (χ4v) is 2.40. The third-order valence-electron chi connectivity index (χ3n) is 3.49. The molecule has 1 heterocycles. The van der Waals surface area contributed by atoms with Gasteiger partial charge in [0, 0.05) is 12.2 Å². The Bertz CT molecular complexity index is 439. The molecule has 1 aromatic heterocycles. The van der Waals surface area contributed by atoms with E-state index in [2.05, 4.69) is 10.3 Å². The van der Waals surface area contributed by atoms with Gasteiger partial charge in [-0.1, -0.05) is 6.07 Å². The lowest BCUT2D eigenvalue weighted by Crippen LogP contribution is -2.39. The van der Waals surface area contributed by atoms with Gasteiger partial charge < -0.3 is 10.1 Å². The molecule has 1 N–H and O–H groups in total. The second-order valence-corrected chi connectivity index (χ2v) is 4.76. The van der Waals surface area contributed by atoms with Crippen LogP contribution in [0.3, 0.4) is 0 Å². The molecule has 0 bridgehead atoms. The van der Waals surface area contributed by atoms with E-state index >= 15 is 0 Å². The van der Waals surface area contributed by atoms with Crippen LogP contribution in [0.15, 0.2) is 24.4 Å². The van der Waals surface area contributed by atoms with E-state index in [1.807, 2.05) is 0 Å². The highest BCUT2D eigenvalue weighted by Gasteiger charge is 2.27. The van der Waals surface area contributed by atoms with Gasteiger partial charge in [0.25, 0.3) is 5.91 Å². The highest BCUT2D eigenvalue weighted by molar-refractivity contribution is 5.92. The summed E-state index contributed by atoms with van der Waals surface area (Å²) in [7, 11) is 1.41. The first-order valence-electron chi connectivity index (χ1n) is 6.50. The molecule has 0 unspecified atom stereocenters. The highest BCUT2D eigenvalue weighted by Crippen LogP contribution is 2.25. The number of hydrogen-bond donors (Lipinski definition) is 1. The summed E-state index contributed by atoms with van der Waals surface area (Å²) in [5.74, 6) is -0.315. The number of aromatic nitrogens is 1. The normalized spacial score (nSPS) is 22.6. The molecule has 1 aliphatic rings. The van der Waals surface area contributed by atoms with Crippen LogP contribution in [0.2, 0.25) is 0 Å². The Morgan fingerprint density at radius 1 is 1.26 bits per heavy atom. The molecule has 2 rings (SSSR count). The van der Waals surface area contributed by atoms with Gasteiger partial charge in [0.05, 0.1) is 13.0 Å². The number of pyridine rings is 1. The number of carbonyl (C=O) groups excluding carboxylic acids is 2. The Kier molecular flexibility index (Phi) is 4.49. The van der Waals surface area contributed by atoms with E-state index in [9.17, 15) is 9.59 Å². The van der Waals surface area contributed by atoms with E-state index in [1.165, 1.54) is 7.11 Å². The zero-order valence-corrected chi connectivity index (χ0v) is 11.0. The molecule has 0 saturated heterocycles. The molecule has 0 atom stereocenters. The molecule has 0 spiro atoms. The van der Waals surface area contributed by atoms with Gasteiger partial charge in [-0.05, 0) is 37.8 Å². The van der Waals surface area contributed by atoms with Gasteiger partial charge in [-0.3, -0.25) is 14.6 Å². The van der Waals surface area contributed by atoms with Crippen molar-refractivity contribution < 1.29 is 14.3 Å². The van der Waals surface area contributed by atoms with Gasteiger partial charge in [-0.15, -0.1) is 0 Å². The molecule has 19 heavy (non-hydrogen) atoms. The van der Waals surface area contributed by atoms with Crippen LogP contribution in [0.25, 0.3) is 0 Å². The number of ether oxygens (including phenoxy) is 1. The van der Waals surface area contributed by atoms with Crippen LogP contribution in [0, 0.1) is 5.92 Å². The summed E-state index contributed by atoms with van der Waals surface area (Å²) in [5.41, 5.74) is 0.428. The summed E-state index contributed by atoms with van der Waals surface area (Å²) in [6, 6.07) is 5.37. The molecule has 1 saturated carbocycles. The van der Waals surface area contributed by atoms with E-state index < -0.39 is 0 Å². The van der Waals surface area contributed by atoms with E-state index in [-0.39, 0.29) is 23.8 Å². The van der Waals surface area contributed by atoms with Gasteiger partial charge in [-0.25, -0.2) is 0 Å². The van der Waals surface area contributed by atoms with Gasteiger partial charge in [0.2, 0.25) is 0 Å². The lowest BCUT2D eigenvalue weighted by Gasteiger charge is -2.27. The summed E-state index contributed by atoms with van der Waals surface area (Å²) in [5, 5.41) is 2.96. The third kappa shape index (κ3) is 3.53. The minimum atomic E-state index is -0.151. The van der Waals surface area contributed by atoms with Crippen LogP contribution < -0.4 is 5.32 Å². The van der Waals surface area contributed by atoms with Crippen molar-refractivity contribution in [3.63, 3.8) is 0 Å². The third-order valence-corrected chi connectivity index (χ3v) is 3.49. The van der Waals surface area contributed by atoms with Crippen LogP contribution in [0.1, 0.15) is 36.2 Å². The van der Waals surface area contributed by atoms with Crippen LogP contribution in [-0.2, 0) is 9.53 Å². The van der Waals surface area contributed by atoms with Crippen molar-refractivity contribution >= 4 is 11.9 Å². The fraction of sp³-hybridized carbons (Fsp3) is 0.500. The smallest absolute Gasteiger partial charge is 0.308 e. The van der Waals surface area contributed by atoms with E-state index in [1.54, 1.807) is 24.4 Å². The zero-order valence-electron chi connectivity index (χ0n) is 11.0. The maximum atomic E-state index is 11.9. The SMILES string of the molecule is COC(=O)[C@H]1CC[C@H](NC(=O)c2ccccn2)CC1. The molecule has 1 aliphatic carbocycles. The lowest BCUT2D eigenvalue weighted by atomic mass is 9.86. The molecule has 0 aromatic carbocycles. The van der Waals surface area contributed by atoms with Gasteiger partial charge in [0.15, 0.2) is 0 Å². The van der Waals surface area contributed by atoms with Crippen LogP contribution >= 0.6 is 0 Å². The Balaban J connectivity index is 1.83. The molecule has 1 amide bonds. The maximum Gasteiger partial charge on any atom is 0.308 e. The number of nitrogens with zero attached hydrogens (tertiary/aromatic N) is 1. The predicted octanol–water partition coefficient (Wildman–Crippen LogP) is 1.54. The maximum absolute atomic E-state index is 11.9. The molecule has 102 valence electrons. The van der Waals surface area contributed by atoms with Crippen molar-refractivity contribution in [2.75, 3.05) is 7.11 Å². The van der Waals surface area contributed by atoms with Crippen LogP contribution in [0.4, 0.5) is 0 Å². The van der Waals surface area contributed by atoms with E-state index in [4.69, 9.17) is 4.74 Å².